The van der Waals surface area contributed by atoms with Crippen LogP contribution in [0.3, 0.4) is 0 Å². The molecule has 0 spiro atoms. The van der Waals surface area contributed by atoms with Crippen LogP contribution < -0.4 is 5.32 Å². The lowest BCUT2D eigenvalue weighted by Gasteiger charge is -2.17. The van der Waals surface area contributed by atoms with Crippen molar-refractivity contribution in [1.82, 2.24) is 5.32 Å². The molecule has 0 radical (unpaired) electrons. The van der Waals surface area contributed by atoms with E-state index in [2.05, 4.69) is 78.1 Å². The smallest absolute Gasteiger partial charge is 0.0356 e. The van der Waals surface area contributed by atoms with Gasteiger partial charge < -0.3 is 5.32 Å². The minimum Gasteiger partial charge on any atom is -0.320 e. The van der Waals surface area contributed by atoms with E-state index in [1.807, 2.05) is 18.8 Å². The first kappa shape index (κ1) is 15.1. The summed E-state index contributed by atoms with van der Waals surface area (Å²) in [5.74, 6) is 0. The van der Waals surface area contributed by atoms with Crippen molar-refractivity contribution in [2.75, 3.05) is 13.6 Å². The molecule has 2 heteroatoms. The third kappa shape index (κ3) is 3.70. The fourth-order valence-electron chi connectivity index (χ4n) is 2.64. The first-order valence-corrected chi connectivity index (χ1v) is 8.60. The average molecular weight is 307 g/mol. The Hall–Kier alpha value is -1.77. The molecule has 1 nitrogen and oxygen atoms in total. The Morgan fingerprint density at radius 2 is 1.59 bits per heavy atom. The van der Waals surface area contributed by atoms with Crippen LogP contribution in [0.1, 0.15) is 17.2 Å². The van der Waals surface area contributed by atoms with Gasteiger partial charge in [0.2, 0.25) is 0 Å². The van der Waals surface area contributed by atoms with Gasteiger partial charge in [-0.1, -0.05) is 60.7 Å². The molecule has 0 heterocycles. The van der Waals surface area contributed by atoms with E-state index >= 15 is 0 Å². The van der Waals surface area contributed by atoms with Crippen LogP contribution in [0.4, 0.5) is 0 Å². The number of hydrogen-bond donors (Lipinski definition) is 1. The van der Waals surface area contributed by atoms with Crippen molar-refractivity contribution in [3.8, 4) is 0 Å². The maximum Gasteiger partial charge on any atom is 0.0356 e. The Morgan fingerprint density at radius 3 is 2.36 bits per heavy atom. The molecule has 1 atom stereocenters. The van der Waals surface area contributed by atoms with Crippen LogP contribution in [-0.4, -0.2) is 13.6 Å². The minimum absolute atomic E-state index is 0.481. The summed E-state index contributed by atoms with van der Waals surface area (Å²) in [7, 11) is 2.02. The van der Waals surface area contributed by atoms with Gasteiger partial charge in [0.1, 0.15) is 0 Å². The monoisotopic (exact) mass is 307 g/mol. The summed E-state index contributed by atoms with van der Waals surface area (Å²) in [5, 5.41) is 6.37. The largest absolute Gasteiger partial charge is 0.320 e. The van der Waals surface area contributed by atoms with Crippen LogP contribution in [0.5, 0.6) is 0 Å². The molecule has 3 aromatic carbocycles. The van der Waals surface area contributed by atoms with Gasteiger partial charge >= 0.3 is 0 Å². The van der Waals surface area contributed by atoms with E-state index < -0.39 is 0 Å². The fourth-order valence-corrected chi connectivity index (χ4v) is 3.84. The topological polar surface area (TPSA) is 12.0 Å². The molecule has 0 bridgehead atoms. The maximum absolute atomic E-state index is 3.27. The van der Waals surface area contributed by atoms with E-state index in [9.17, 15) is 0 Å². The quantitative estimate of drug-likeness (QED) is 0.622. The number of hydrogen-bond acceptors (Lipinski definition) is 2. The highest BCUT2D eigenvalue weighted by molar-refractivity contribution is 7.99. The van der Waals surface area contributed by atoms with E-state index in [4.69, 9.17) is 0 Å². The molecule has 1 N–H and O–H groups in total. The molecule has 3 rings (SSSR count). The van der Waals surface area contributed by atoms with E-state index in [0.717, 1.165) is 13.0 Å². The molecule has 0 aromatic heterocycles. The van der Waals surface area contributed by atoms with Crippen molar-refractivity contribution in [3.63, 3.8) is 0 Å². The summed E-state index contributed by atoms with van der Waals surface area (Å²) >= 11 is 1.96. The standard InChI is InChI=1S/C20H21NS/c1-21-14-13-20(17-8-3-2-4-9-17)22-19-12-11-16-7-5-6-10-18(16)15-19/h2-12,15,20-21H,13-14H2,1H3. The van der Waals surface area contributed by atoms with Crippen molar-refractivity contribution in [2.45, 2.75) is 16.6 Å². The van der Waals surface area contributed by atoms with E-state index in [0.29, 0.717) is 5.25 Å². The van der Waals surface area contributed by atoms with E-state index in [-0.39, 0.29) is 0 Å². The number of benzene rings is 3. The molecule has 0 aliphatic carbocycles. The molecule has 0 saturated heterocycles. The van der Waals surface area contributed by atoms with Gasteiger partial charge in [0.05, 0.1) is 0 Å². The number of nitrogens with one attached hydrogen (secondary N) is 1. The Balaban J connectivity index is 1.84. The highest BCUT2D eigenvalue weighted by Crippen LogP contribution is 2.38. The summed E-state index contributed by atoms with van der Waals surface area (Å²) < 4.78 is 0. The minimum atomic E-state index is 0.481. The first-order chi connectivity index (χ1) is 10.9. The Labute approximate surface area is 136 Å². The van der Waals surface area contributed by atoms with Gasteiger partial charge in [0.15, 0.2) is 0 Å². The Bertz CT molecular complexity index is 724. The molecular weight excluding hydrogens is 286 g/mol. The number of rotatable bonds is 6. The van der Waals surface area contributed by atoms with Gasteiger partial charge in [0.25, 0.3) is 0 Å². The maximum atomic E-state index is 3.27. The zero-order chi connectivity index (χ0) is 15.2. The summed E-state index contributed by atoms with van der Waals surface area (Å²) in [4.78, 5) is 1.34. The van der Waals surface area contributed by atoms with Crippen LogP contribution in [0.25, 0.3) is 10.8 Å². The van der Waals surface area contributed by atoms with Gasteiger partial charge in [0, 0.05) is 10.1 Å². The van der Waals surface area contributed by atoms with Crippen molar-refractivity contribution in [1.29, 1.82) is 0 Å². The van der Waals surface area contributed by atoms with Crippen LogP contribution in [0.2, 0.25) is 0 Å². The van der Waals surface area contributed by atoms with Gasteiger partial charge in [-0.15, -0.1) is 11.8 Å². The zero-order valence-electron chi connectivity index (χ0n) is 12.8. The molecule has 0 fully saturated rings. The lowest BCUT2D eigenvalue weighted by atomic mass is 10.1. The normalized spacial score (nSPS) is 12.4. The molecule has 0 amide bonds. The van der Waals surface area contributed by atoms with Gasteiger partial charge in [-0.3, -0.25) is 0 Å². The summed E-state index contributed by atoms with van der Waals surface area (Å²) in [6, 6.07) is 26.1. The molecule has 1 unspecified atom stereocenters. The number of thioether (sulfide) groups is 1. The fraction of sp³-hybridized carbons (Fsp3) is 0.200. The van der Waals surface area contributed by atoms with Gasteiger partial charge in [-0.25, -0.2) is 0 Å². The van der Waals surface area contributed by atoms with Crippen LogP contribution in [-0.2, 0) is 0 Å². The van der Waals surface area contributed by atoms with E-state index in [1.165, 1.54) is 21.2 Å². The van der Waals surface area contributed by atoms with Gasteiger partial charge in [-0.05, 0) is 48.5 Å². The number of fused-ring (bicyclic) bond motifs is 1. The summed E-state index contributed by atoms with van der Waals surface area (Å²) in [5.41, 5.74) is 1.40. The SMILES string of the molecule is CNCCC(Sc1ccc2ccccc2c1)c1ccccc1. The molecular formula is C20H21NS. The van der Waals surface area contributed by atoms with Crippen LogP contribution >= 0.6 is 11.8 Å². The third-order valence-corrected chi connectivity index (χ3v) is 5.15. The lowest BCUT2D eigenvalue weighted by molar-refractivity contribution is 0.715. The van der Waals surface area contributed by atoms with Crippen LogP contribution in [0, 0.1) is 0 Å². The molecule has 0 aliphatic heterocycles. The molecule has 22 heavy (non-hydrogen) atoms. The van der Waals surface area contributed by atoms with Crippen molar-refractivity contribution < 1.29 is 0 Å². The molecule has 0 aliphatic rings. The van der Waals surface area contributed by atoms with Crippen LogP contribution in [0.15, 0.2) is 77.7 Å². The lowest BCUT2D eigenvalue weighted by Crippen LogP contribution is -2.10. The van der Waals surface area contributed by atoms with Crippen molar-refractivity contribution in [2.24, 2.45) is 0 Å². The van der Waals surface area contributed by atoms with E-state index in [1.54, 1.807) is 0 Å². The predicted molar refractivity (Wildman–Crippen MR) is 97.5 cm³/mol. The Kier molecular flexibility index (Phi) is 5.15. The zero-order valence-corrected chi connectivity index (χ0v) is 13.6. The summed E-state index contributed by atoms with van der Waals surface area (Å²) in [6.45, 7) is 1.03. The molecule has 0 saturated carbocycles. The second-order valence-corrected chi connectivity index (χ2v) is 6.69. The molecule has 112 valence electrons. The highest BCUT2D eigenvalue weighted by atomic mass is 32.2. The second kappa shape index (κ2) is 7.48. The highest BCUT2D eigenvalue weighted by Gasteiger charge is 2.12. The van der Waals surface area contributed by atoms with Gasteiger partial charge in [-0.2, -0.15) is 0 Å². The molecule has 3 aromatic rings. The predicted octanol–water partition coefficient (Wildman–Crippen LogP) is 5.28. The third-order valence-electron chi connectivity index (χ3n) is 3.83. The Morgan fingerprint density at radius 1 is 0.864 bits per heavy atom. The summed E-state index contributed by atoms with van der Waals surface area (Å²) in [6.07, 6.45) is 1.12. The first-order valence-electron chi connectivity index (χ1n) is 7.72. The second-order valence-electron chi connectivity index (χ2n) is 5.42. The van der Waals surface area contributed by atoms with Crippen molar-refractivity contribution >= 4 is 22.5 Å². The average Bonchev–Trinajstić information content (AvgIpc) is 2.59. The van der Waals surface area contributed by atoms with Crippen molar-refractivity contribution in [3.05, 3.63) is 78.4 Å².